The number of rotatable bonds is 8. The molecule has 1 atom stereocenters. The quantitative estimate of drug-likeness (QED) is 0.660. The van der Waals surface area contributed by atoms with Crippen molar-refractivity contribution in [2.45, 2.75) is 39.2 Å². The fourth-order valence-electron chi connectivity index (χ4n) is 1.73. The fourth-order valence-corrected chi connectivity index (χ4v) is 1.73. The van der Waals surface area contributed by atoms with Crippen molar-refractivity contribution in [1.82, 2.24) is 10.2 Å². The first-order valence-electron chi connectivity index (χ1n) is 6.15. The van der Waals surface area contributed by atoms with E-state index in [4.69, 9.17) is 5.26 Å². The third-order valence-corrected chi connectivity index (χ3v) is 2.90. The van der Waals surface area contributed by atoms with Crippen molar-refractivity contribution < 1.29 is 0 Å². The first kappa shape index (κ1) is 12.5. The number of nitrogens with one attached hydrogen (secondary N) is 1. The molecule has 15 heavy (non-hydrogen) atoms. The van der Waals surface area contributed by atoms with Crippen LogP contribution in [0.1, 0.15) is 33.1 Å². The Morgan fingerprint density at radius 1 is 1.47 bits per heavy atom. The van der Waals surface area contributed by atoms with Crippen molar-refractivity contribution in [3.05, 3.63) is 0 Å². The van der Waals surface area contributed by atoms with Crippen molar-refractivity contribution in [2.75, 3.05) is 26.2 Å². The zero-order valence-corrected chi connectivity index (χ0v) is 10.00. The Bertz CT molecular complexity index is 205. The third-order valence-electron chi connectivity index (χ3n) is 2.90. The normalized spacial score (nSPS) is 17.7. The monoisotopic (exact) mass is 209 g/mol. The summed E-state index contributed by atoms with van der Waals surface area (Å²) in [5, 5.41) is 12.3. The summed E-state index contributed by atoms with van der Waals surface area (Å²) in [6, 6.07) is 2.35. The number of hydrogen-bond donors (Lipinski definition) is 1. The van der Waals surface area contributed by atoms with E-state index in [-0.39, 0.29) is 6.04 Å². The molecule has 0 heterocycles. The first-order valence-corrected chi connectivity index (χ1v) is 6.15. The summed E-state index contributed by atoms with van der Waals surface area (Å²) in [4.78, 5) is 2.40. The minimum Gasteiger partial charge on any atom is -0.301 e. The highest BCUT2D eigenvalue weighted by atomic mass is 15.1. The summed E-state index contributed by atoms with van der Waals surface area (Å²) < 4.78 is 0. The Morgan fingerprint density at radius 2 is 2.20 bits per heavy atom. The van der Waals surface area contributed by atoms with Gasteiger partial charge < -0.3 is 10.2 Å². The minimum atomic E-state index is 0.00338. The molecule has 1 fully saturated rings. The predicted octanol–water partition coefficient (Wildman–Crippen LogP) is 1.61. The molecule has 0 spiro atoms. The number of nitriles is 1. The summed E-state index contributed by atoms with van der Waals surface area (Å²) in [5.41, 5.74) is 0. The molecule has 0 aromatic carbocycles. The summed E-state index contributed by atoms with van der Waals surface area (Å²) in [5.74, 6) is 0.912. The molecule has 0 aromatic rings. The van der Waals surface area contributed by atoms with Gasteiger partial charge in [0.2, 0.25) is 0 Å². The van der Waals surface area contributed by atoms with Gasteiger partial charge >= 0.3 is 0 Å². The van der Waals surface area contributed by atoms with Crippen molar-refractivity contribution in [2.24, 2.45) is 5.92 Å². The SMILES string of the molecule is CCCNC(C#N)CN(CC)CC1CC1. The molecule has 0 radical (unpaired) electrons. The van der Waals surface area contributed by atoms with Gasteiger partial charge in [0, 0.05) is 13.1 Å². The lowest BCUT2D eigenvalue weighted by atomic mass is 10.2. The van der Waals surface area contributed by atoms with Gasteiger partial charge in [0.25, 0.3) is 0 Å². The van der Waals surface area contributed by atoms with Gasteiger partial charge in [-0.1, -0.05) is 13.8 Å². The van der Waals surface area contributed by atoms with Crippen LogP contribution in [0.3, 0.4) is 0 Å². The number of nitrogens with zero attached hydrogens (tertiary/aromatic N) is 2. The highest BCUT2D eigenvalue weighted by molar-refractivity contribution is 4.92. The highest BCUT2D eigenvalue weighted by Crippen LogP contribution is 2.29. The number of hydrogen-bond acceptors (Lipinski definition) is 3. The van der Waals surface area contributed by atoms with Crippen LogP contribution in [-0.2, 0) is 0 Å². The van der Waals surface area contributed by atoms with E-state index in [0.29, 0.717) is 0 Å². The van der Waals surface area contributed by atoms with Gasteiger partial charge in [-0.25, -0.2) is 0 Å². The van der Waals surface area contributed by atoms with Crippen molar-refractivity contribution in [3.63, 3.8) is 0 Å². The van der Waals surface area contributed by atoms with Crippen LogP contribution in [0.5, 0.6) is 0 Å². The smallest absolute Gasteiger partial charge is 0.108 e. The molecule has 1 aliphatic rings. The molecule has 0 bridgehead atoms. The van der Waals surface area contributed by atoms with Crippen molar-refractivity contribution in [1.29, 1.82) is 5.26 Å². The molecule has 0 aliphatic heterocycles. The molecule has 1 saturated carbocycles. The minimum absolute atomic E-state index is 0.00338. The van der Waals surface area contributed by atoms with Crippen LogP contribution in [0.2, 0.25) is 0 Å². The molecule has 0 aromatic heterocycles. The van der Waals surface area contributed by atoms with E-state index in [0.717, 1.165) is 32.0 Å². The molecule has 3 nitrogen and oxygen atoms in total. The van der Waals surface area contributed by atoms with Crippen LogP contribution in [0.25, 0.3) is 0 Å². The lowest BCUT2D eigenvalue weighted by Gasteiger charge is -2.23. The summed E-state index contributed by atoms with van der Waals surface area (Å²) >= 11 is 0. The molecule has 1 unspecified atom stereocenters. The van der Waals surface area contributed by atoms with E-state index in [2.05, 4.69) is 30.1 Å². The Labute approximate surface area is 93.5 Å². The van der Waals surface area contributed by atoms with Gasteiger partial charge in [-0.2, -0.15) is 5.26 Å². The predicted molar refractivity (Wildman–Crippen MR) is 62.5 cm³/mol. The van der Waals surface area contributed by atoms with E-state index < -0.39 is 0 Å². The second-order valence-electron chi connectivity index (χ2n) is 4.43. The molecule has 3 heteroatoms. The molecule has 1 aliphatic carbocycles. The molecule has 86 valence electrons. The topological polar surface area (TPSA) is 39.1 Å². The Hall–Kier alpha value is -0.590. The molecule has 0 saturated heterocycles. The second kappa shape index (κ2) is 6.81. The highest BCUT2D eigenvalue weighted by Gasteiger charge is 2.24. The second-order valence-corrected chi connectivity index (χ2v) is 4.43. The van der Waals surface area contributed by atoms with Gasteiger partial charge in [-0.3, -0.25) is 0 Å². The Kier molecular flexibility index (Phi) is 5.67. The van der Waals surface area contributed by atoms with Crippen LogP contribution in [0.4, 0.5) is 0 Å². The zero-order chi connectivity index (χ0) is 11.1. The molecular formula is C12H23N3. The van der Waals surface area contributed by atoms with Gasteiger partial charge in [-0.15, -0.1) is 0 Å². The average Bonchev–Trinajstić information content (AvgIpc) is 3.06. The van der Waals surface area contributed by atoms with Gasteiger partial charge in [-0.05, 0) is 38.3 Å². The lowest BCUT2D eigenvalue weighted by Crippen LogP contribution is -2.41. The van der Waals surface area contributed by atoms with E-state index >= 15 is 0 Å². The molecule has 0 amide bonds. The Balaban J connectivity index is 2.23. The van der Waals surface area contributed by atoms with Crippen molar-refractivity contribution >= 4 is 0 Å². The molecular weight excluding hydrogens is 186 g/mol. The largest absolute Gasteiger partial charge is 0.301 e. The van der Waals surface area contributed by atoms with Crippen LogP contribution in [0.15, 0.2) is 0 Å². The fraction of sp³-hybridized carbons (Fsp3) is 0.917. The van der Waals surface area contributed by atoms with Crippen LogP contribution < -0.4 is 5.32 Å². The van der Waals surface area contributed by atoms with E-state index in [1.807, 2.05) is 0 Å². The molecule has 1 N–H and O–H groups in total. The summed E-state index contributed by atoms with van der Waals surface area (Å²) in [6.07, 6.45) is 3.86. The summed E-state index contributed by atoms with van der Waals surface area (Å²) in [6.45, 7) is 8.37. The summed E-state index contributed by atoms with van der Waals surface area (Å²) in [7, 11) is 0. The maximum absolute atomic E-state index is 9.01. The van der Waals surface area contributed by atoms with Crippen molar-refractivity contribution in [3.8, 4) is 6.07 Å². The third kappa shape index (κ3) is 5.15. The van der Waals surface area contributed by atoms with E-state index in [1.165, 1.54) is 19.4 Å². The lowest BCUT2D eigenvalue weighted by molar-refractivity contribution is 0.260. The van der Waals surface area contributed by atoms with E-state index in [1.54, 1.807) is 0 Å². The standard InChI is InChI=1S/C12H23N3/c1-3-7-14-12(8-13)10-15(4-2)9-11-5-6-11/h11-12,14H,3-7,9-10H2,1-2H3. The number of likely N-dealkylation sites (N-methyl/N-ethyl adjacent to an activating group) is 1. The first-order chi connectivity index (χ1) is 7.30. The maximum atomic E-state index is 9.01. The van der Waals surface area contributed by atoms with Crippen LogP contribution >= 0.6 is 0 Å². The maximum Gasteiger partial charge on any atom is 0.108 e. The zero-order valence-electron chi connectivity index (χ0n) is 10.00. The van der Waals surface area contributed by atoms with Gasteiger partial charge in [0.1, 0.15) is 6.04 Å². The average molecular weight is 209 g/mol. The van der Waals surface area contributed by atoms with Crippen LogP contribution in [-0.4, -0.2) is 37.1 Å². The van der Waals surface area contributed by atoms with E-state index in [9.17, 15) is 0 Å². The van der Waals surface area contributed by atoms with Gasteiger partial charge in [0.05, 0.1) is 6.07 Å². The molecule has 1 rings (SSSR count). The Morgan fingerprint density at radius 3 is 2.67 bits per heavy atom. The van der Waals surface area contributed by atoms with Gasteiger partial charge in [0.15, 0.2) is 0 Å². The van der Waals surface area contributed by atoms with Crippen LogP contribution in [0, 0.1) is 17.2 Å².